The summed E-state index contributed by atoms with van der Waals surface area (Å²) in [6, 6.07) is 14.7. The molecule has 37 heavy (non-hydrogen) atoms. The molecule has 10 heteroatoms. The number of hydrogen-bond donors (Lipinski definition) is 2. The maximum atomic E-state index is 13.5. The van der Waals surface area contributed by atoms with Crippen LogP contribution in [-0.4, -0.2) is 37.6 Å². The molecule has 0 aliphatic carbocycles. The molecule has 0 fully saturated rings. The molecule has 0 radical (unpaired) electrons. The van der Waals surface area contributed by atoms with Gasteiger partial charge in [-0.25, -0.2) is 9.59 Å². The van der Waals surface area contributed by atoms with E-state index < -0.39 is 23.6 Å². The van der Waals surface area contributed by atoms with Crippen molar-refractivity contribution in [1.29, 1.82) is 0 Å². The van der Waals surface area contributed by atoms with Crippen molar-refractivity contribution in [1.82, 2.24) is 0 Å². The SMILES string of the molecule is C=CC(=O)Nc1ccc(NC(C(=O)OCC)C(OCc2ccco2)(C(=O)OC)c2ccc(Cl)cc2)cc1. The van der Waals surface area contributed by atoms with E-state index >= 15 is 0 Å². The Morgan fingerprint density at radius 1 is 1.08 bits per heavy atom. The van der Waals surface area contributed by atoms with Crippen molar-refractivity contribution in [2.45, 2.75) is 25.2 Å². The number of furan rings is 1. The summed E-state index contributed by atoms with van der Waals surface area (Å²) in [6.45, 7) is 4.97. The average Bonchev–Trinajstić information content (AvgIpc) is 3.43. The normalized spacial score (nSPS) is 13.1. The highest BCUT2D eigenvalue weighted by Crippen LogP contribution is 2.36. The lowest BCUT2D eigenvalue weighted by Gasteiger charge is -2.37. The second-order valence-corrected chi connectivity index (χ2v) is 8.14. The van der Waals surface area contributed by atoms with Crippen LogP contribution in [0.2, 0.25) is 5.02 Å². The molecule has 1 aromatic heterocycles. The molecule has 9 nitrogen and oxygen atoms in total. The van der Waals surface area contributed by atoms with Crippen LogP contribution in [0.4, 0.5) is 11.4 Å². The lowest BCUT2D eigenvalue weighted by atomic mass is 9.85. The molecule has 2 atom stereocenters. The Kier molecular flexibility index (Phi) is 9.48. The molecule has 0 saturated carbocycles. The molecule has 2 N–H and O–H groups in total. The summed E-state index contributed by atoms with van der Waals surface area (Å²) in [5.41, 5.74) is -0.753. The number of hydrogen-bond acceptors (Lipinski definition) is 8. The van der Waals surface area contributed by atoms with E-state index in [1.54, 1.807) is 67.6 Å². The second-order valence-electron chi connectivity index (χ2n) is 7.70. The zero-order valence-corrected chi connectivity index (χ0v) is 21.1. The Morgan fingerprint density at radius 3 is 2.32 bits per heavy atom. The number of anilines is 2. The highest BCUT2D eigenvalue weighted by Gasteiger charge is 2.54. The number of nitrogens with one attached hydrogen (secondary N) is 2. The van der Waals surface area contributed by atoms with E-state index in [1.165, 1.54) is 13.4 Å². The minimum atomic E-state index is -2.01. The molecular weight excluding hydrogens is 500 g/mol. The molecule has 3 rings (SSSR count). The fourth-order valence-corrected chi connectivity index (χ4v) is 3.74. The summed E-state index contributed by atoms with van der Waals surface area (Å²) < 4.78 is 22.1. The molecular formula is C27H27ClN2O7. The maximum Gasteiger partial charge on any atom is 0.345 e. The molecule has 1 amide bonds. The van der Waals surface area contributed by atoms with E-state index in [9.17, 15) is 14.4 Å². The number of carbonyl (C=O) groups is 3. The zero-order chi connectivity index (χ0) is 26.8. The molecule has 2 aromatic carbocycles. The first kappa shape index (κ1) is 27.5. The van der Waals surface area contributed by atoms with Crippen molar-refractivity contribution >= 4 is 40.8 Å². The largest absolute Gasteiger partial charge is 0.467 e. The number of carbonyl (C=O) groups excluding carboxylic acids is 3. The lowest BCUT2D eigenvalue weighted by molar-refractivity contribution is -0.184. The van der Waals surface area contributed by atoms with Gasteiger partial charge >= 0.3 is 11.9 Å². The Labute approximate surface area is 219 Å². The second kappa shape index (κ2) is 12.8. The third-order valence-corrected chi connectivity index (χ3v) is 5.61. The van der Waals surface area contributed by atoms with Crippen LogP contribution in [0.25, 0.3) is 0 Å². The minimum absolute atomic E-state index is 0.0551. The fraction of sp³-hybridized carbons (Fsp3) is 0.222. The van der Waals surface area contributed by atoms with E-state index in [1.807, 2.05) is 0 Å². The van der Waals surface area contributed by atoms with Gasteiger partial charge in [-0.2, -0.15) is 0 Å². The monoisotopic (exact) mass is 526 g/mol. The first-order chi connectivity index (χ1) is 17.8. The van der Waals surface area contributed by atoms with E-state index in [0.29, 0.717) is 27.7 Å². The van der Waals surface area contributed by atoms with Crippen LogP contribution < -0.4 is 10.6 Å². The molecule has 0 bridgehead atoms. The van der Waals surface area contributed by atoms with Gasteiger partial charge in [0.25, 0.3) is 0 Å². The van der Waals surface area contributed by atoms with Crippen LogP contribution >= 0.6 is 11.6 Å². The third-order valence-electron chi connectivity index (χ3n) is 5.36. The molecule has 0 spiro atoms. The van der Waals surface area contributed by atoms with Crippen molar-refractivity contribution < 1.29 is 33.0 Å². The molecule has 1 heterocycles. The fourth-order valence-electron chi connectivity index (χ4n) is 3.62. The predicted octanol–water partition coefficient (Wildman–Crippen LogP) is 4.69. The number of benzene rings is 2. The molecule has 0 aliphatic rings. The molecule has 0 aliphatic heterocycles. The summed E-state index contributed by atoms with van der Waals surface area (Å²) in [4.78, 5) is 38.5. The Bertz CT molecular complexity index is 1210. The summed E-state index contributed by atoms with van der Waals surface area (Å²) in [6.07, 6.45) is 2.62. The minimum Gasteiger partial charge on any atom is -0.467 e. The molecule has 3 aromatic rings. The lowest BCUT2D eigenvalue weighted by Crippen LogP contribution is -2.57. The Balaban J connectivity index is 2.10. The van der Waals surface area contributed by atoms with Gasteiger partial charge in [-0.3, -0.25) is 4.79 Å². The molecule has 194 valence electrons. The van der Waals surface area contributed by atoms with Crippen molar-refractivity contribution in [2.24, 2.45) is 0 Å². The van der Waals surface area contributed by atoms with Gasteiger partial charge in [0.1, 0.15) is 12.4 Å². The van der Waals surface area contributed by atoms with E-state index in [4.69, 9.17) is 30.2 Å². The standard InChI is InChI=1S/C27H27ClN2O7/c1-4-23(31)29-20-12-14-21(15-13-20)30-24(25(32)35-5-2)27(26(33)34-3,18-8-10-19(28)11-9-18)37-17-22-7-6-16-36-22/h4,6-16,24,30H,1,5,17H2,2-3H3,(H,29,31). The number of ether oxygens (including phenoxy) is 3. The maximum absolute atomic E-state index is 13.5. The summed E-state index contributed by atoms with van der Waals surface area (Å²) in [5.74, 6) is -1.55. The van der Waals surface area contributed by atoms with Gasteiger partial charge in [0.2, 0.25) is 11.5 Å². The first-order valence-corrected chi connectivity index (χ1v) is 11.7. The third kappa shape index (κ3) is 6.58. The Hall–Kier alpha value is -4.08. The van der Waals surface area contributed by atoms with E-state index in [0.717, 1.165) is 6.08 Å². The van der Waals surface area contributed by atoms with Gasteiger partial charge in [-0.1, -0.05) is 30.3 Å². The number of halogens is 1. The number of rotatable bonds is 12. The first-order valence-electron chi connectivity index (χ1n) is 11.3. The van der Waals surface area contributed by atoms with Gasteiger partial charge in [0.05, 0.1) is 20.0 Å². The summed E-state index contributed by atoms with van der Waals surface area (Å²) >= 11 is 6.10. The van der Waals surface area contributed by atoms with Crippen molar-refractivity contribution in [3.05, 3.63) is 95.9 Å². The van der Waals surface area contributed by atoms with Crippen LogP contribution in [0.5, 0.6) is 0 Å². The topological polar surface area (TPSA) is 116 Å². The highest BCUT2D eigenvalue weighted by molar-refractivity contribution is 6.30. The number of methoxy groups -OCH3 is 1. The zero-order valence-electron chi connectivity index (χ0n) is 20.4. The quantitative estimate of drug-likeness (QED) is 0.258. The van der Waals surface area contributed by atoms with Crippen LogP contribution in [-0.2, 0) is 40.8 Å². The van der Waals surface area contributed by atoms with Gasteiger partial charge < -0.3 is 29.3 Å². The predicted molar refractivity (Wildman–Crippen MR) is 138 cm³/mol. The van der Waals surface area contributed by atoms with E-state index in [2.05, 4.69) is 17.2 Å². The average molecular weight is 527 g/mol. The molecule has 0 saturated heterocycles. The Morgan fingerprint density at radius 2 is 1.76 bits per heavy atom. The van der Waals surface area contributed by atoms with Gasteiger partial charge in [-0.15, -0.1) is 0 Å². The highest BCUT2D eigenvalue weighted by atomic mass is 35.5. The van der Waals surface area contributed by atoms with Gasteiger partial charge in [0.15, 0.2) is 6.04 Å². The van der Waals surface area contributed by atoms with Gasteiger partial charge in [0, 0.05) is 16.4 Å². The van der Waals surface area contributed by atoms with Crippen molar-refractivity contribution in [2.75, 3.05) is 24.4 Å². The summed E-state index contributed by atoms with van der Waals surface area (Å²) in [5, 5.41) is 6.12. The summed E-state index contributed by atoms with van der Waals surface area (Å²) in [7, 11) is 1.20. The van der Waals surface area contributed by atoms with Crippen LogP contribution in [0.15, 0.2) is 84.0 Å². The van der Waals surface area contributed by atoms with Crippen LogP contribution in [0.1, 0.15) is 18.2 Å². The van der Waals surface area contributed by atoms with Gasteiger partial charge in [-0.05, 0) is 67.1 Å². The van der Waals surface area contributed by atoms with Crippen LogP contribution in [0.3, 0.4) is 0 Å². The van der Waals surface area contributed by atoms with Crippen LogP contribution in [0, 0.1) is 0 Å². The number of esters is 2. The molecule has 2 unspecified atom stereocenters. The van der Waals surface area contributed by atoms with Crippen molar-refractivity contribution in [3.8, 4) is 0 Å². The number of amides is 1. The smallest absolute Gasteiger partial charge is 0.345 e. The van der Waals surface area contributed by atoms with Crippen molar-refractivity contribution in [3.63, 3.8) is 0 Å². The van der Waals surface area contributed by atoms with E-state index in [-0.39, 0.29) is 19.1 Å².